The summed E-state index contributed by atoms with van der Waals surface area (Å²) >= 11 is 6.05. The number of rotatable bonds is 5. The van der Waals surface area contributed by atoms with Crippen LogP contribution in [0.3, 0.4) is 0 Å². The highest BCUT2D eigenvalue weighted by molar-refractivity contribution is 6.35. The van der Waals surface area contributed by atoms with Crippen LogP contribution >= 0.6 is 11.6 Å². The minimum Gasteiger partial charge on any atom is -0.494 e. The number of nitrogens with zero attached hydrogens (tertiary/aromatic N) is 1. The lowest BCUT2D eigenvalue weighted by Crippen LogP contribution is -2.04. The standard InChI is InChI=1S/C14H14ClNO3/c1-18-14(17)3-2-8-19-10-4-5-11-12(15)6-7-16-13(11)9-10/h4-7,9H,2-3,8H2,1H3. The SMILES string of the molecule is COC(=O)CCCOc1ccc2c(Cl)ccnc2c1. The summed E-state index contributed by atoms with van der Waals surface area (Å²) in [6.45, 7) is 0.459. The number of hydrogen-bond donors (Lipinski definition) is 0. The van der Waals surface area contributed by atoms with E-state index in [2.05, 4.69) is 9.72 Å². The van der Waals surface area contributed by atoms with Crippen LogP contribution in [0.5, 0.6) is 5.75 Å². The molecule has 0 N–H and O–H groups in total. The van der Waals surface area contributed by atoms with Crippen molar-refractivity contribution in [3.8, 4) is 5.75 Å². The summed E-state index contributed by atoms with van der Waals surface area (Å²) in [5.74, 6) is 0.489. The van der Waals surface area contributed by atoms with Crippen LogP contribution in [-0.4, -0.2) is 24.7 Å². The Labute approximate surface area is 116 Å². The quantitative estimate of drug-likeness (QED) is 0.623. The molecule has 4 nitrogen and oxygen atoms in total. The molecule has 0 spiro atoms. The second-order valence-corrected chi connectivity index (χ2v) is 4.41. The normalized spacial score (nSPS) is 10.4. The summed E-state index contributed by atoms with van der Waals surface area (Å²) in [6.07, 6.45) is 2.63. The topological polar surface area (TPSA) is 48.4 Å². The Morgan fingerprint density at radius 1 is 1.37 bits per heavy atom. The van der Waals surface area contributed by atoms with Crippen molar-refractivity contribution >= 4 is 28.5 Å². The van der Waals surface area contributed by atoms with Gasteiger partial charge in [-0.2, -0.15) is 0 Å². The first kappa shape index (κ1) is 13.6. The zero-order valence-corrected chi connectivity index (χ0v) is 11.3. The summed E-state index contributed by atoms with van der Waals surface area (Å²) in [4.78, 5) is 15.2. The number of benzene rings is 1. The van der Waals surface area contributed by atoms with Gasteiger partial charge in [0.1, 0.15) is 5.75 Å². The lowest BCUT2D eigenvalue weighted by Gasteiger charge is -2.07. The highest BCUT2D eigenvalue weighted by Crippen LogP contribution is 2.25. The molecule has 19 heavy (non-hydrogen) atoms. The van der Waals surface area contributed by atoms with Crippen molar-refractivity contribution < 1.29 is 14.3 Å². The number of halogens is 1. The number of fused-ring (bicyclic) bond motifs is 1. The first-order valence-electron chi connectivity index (χ1n) is 5.94. The van der Waals surface area contributed by atoms with Crippen molar-refractivity contribution in [2.45, 2.75) is 12.8 Å². The van der Waals surface area contributed by atoms with E-state index in [0.29, 0.717) is 30.2 Å². The van der Waals surface area contributed by atoms with Crippen LogP contribution in [0.2, 0.25) is 5.02 Å². The van der Waals surface area contributed by atoms with Gasteiger partial charge < -0.3 is 9.47 Å². The average molecular weight is 280 g/mol. The number of carbonyl (C=O) groups excluding carboxylic acids is 1. The van der Waals surface area contributed by atoms with E-state index in [1.165, 1.54) is 7.11 Å². The van der Waals surface area contributed by atoms with Crippen molar-refractivity contribution in [3.05, 3.63) is 35.5 Å². The fourth-order valence-electron chi connectivity index (χ4n) is 1.69. The highest BCUT2D eigenvalue weighted by atomic mass is 35.5. The highest BCUT2D eigenvalue weighted by Gasteiger charge is 2.03. The molecule has 0 saturated heterocycles. The number of methoxy groups -OCH3 is 1. The first-order chi connectivity index (χ1) is 9.20. The van der Waals surface area contributed by atoms with Gasteiger partial charge in [0.25, 0.3) is 0 Å². The lowest BCUT2D eigenvalue weighted by molar-refractivity contribution is -0.140. The van der Waals surface area contributed by atoms with E-state index in [-0.39, 0.29) is 5.97 Å². The maximum absolute atomic E-state index is 10.9. The van der Waals surface area contributed by atoms with Crippen LogP contribution in [0.25, 0.3) is 10.9 Å². The monoisotopic (exact) mass is 279 g/mol. The van der Waals surface area contributed by atoms with Gasteiger partial charge in [-0.1, -0.05) is 11.6 Å². The molecule has 0 aliphatic carbocycles. The molecule has 0 amide bonds. The smallest absolute Gasteiger partial charge is 0.305 e. The van der Waals surface area contributed by atoms with Crippen molar-refractivity contribution in [3.63, 3.8) is 0 Å². The second kappa shape index (κ2) is 6.38. The van der Waals surface area contributed by atoms with E-state index >= 15 is 0 Å². The molecule has 0 unspecified atom stereocenters. The summed E-state index contributed by atoms with van der Waals surface area (Å²) in [6, 6.07) is 7.30. The zero-order valence-electron chi connectivity index (χ0n) is 10.6. The summed E-state index contributed by atoms with van der Waals surface area (Å²) in [5.41, 5.74) is 0.790. The van der Waals surface area contributed by atoms with Crippen LogP contribution in [0.15, 0.2) is 30.5 Å². The molecule has 0 bridgehead atoms. The van der Waals surface area contributed by atoms with E-state index in [1.54, 1.807) is 12.3 Å². The Balaban J connectivity index is 1.96. The maximum Gasteiger partial charge on any atom is 0.305 e. The number of pyridine rings is 1. The predicted octanol–water partition coefficient (Wildman–Crippen LogP) is 3.22. The van der Waals surface area contributed by atoms with Gasteiger partial charge >= 0.3 is 5.97 Å². The van der Waals surface area contributed by atoms with Gasteiger partial charge in [-0.25, -0.2) is 0 Å². The number of ether oxygens (including phenoxy) is 2. The zero-order chi connectivity index (χ0) is 13.7. The van der Waals surface area contributed by atoms with Crippen LogP contribution in [0.4, 0.5) is 0 Å². The average Bonchev–Trinajstić information content (AvgIpc) is 2.43. The molecular weight excluding hydrogens is 266 g/mol. The van der Waals surface area contributed by atoms with Crippen molar-refractivity contribution in [1.29, 1.82) is 0 Å². The van der Waals surface area contributed by atoms with Gasteiger partial charge in [0.15, 0.2) is 0 Å². The molecular formula is C14H14ClNO3. The van der Waals surface area contributed by atoms with Gasteiger partial charge in [-0.05, 0) is 24.6 Å². The fourth-order valence-corrected chi connectivity index (χ4v) is 1.91. The van der Waals surface area contributed by atoms with Crippen LogP contribution in [0.1, 0.15) is 12.8 Å². The molecule has 0 radical (unpaired) electrons. The minimum absolute atomic E-state index is 0.226. The van der Waals surface area contributed by atoms with Crippen LogP contribution < -0.4 is 4.74 Å². The minimum atomic E-state index is -0.226. The Morgan fingerprint density at radius 3 is 3.00 bits per heavy atom. The molecule has 1 heterocycles. The molecule has 5 heteroatoms. The third-order valence-corrected chi connectivity index (χ3v) is 3.01. The molecule has 0 fully saturated rings. The third-order valence-electron chi connectivity index (χ3n) is 2.68. The largest absolute Gasteiger partial charge is 0.494 e. The van der Waals surface area contributed by atoms with Gasteiger partial charge in [0.2, 0.25) is 0 Å². The summed E-state index contributed by atoms with van der Waals surface area (Å²) in [7, 11) is 1.38. The maximum atomic E-state index is 10.9. The van der Waals surface area contributed by atoms with E-state index in [0.717, 1.165) is 10.9 Å². The van der Waals surface area contributed by atoms with Crippen LogP contribution in [0, 0.1) is 0 Å². The lowest BCUT2D eigenvalue weighted by atomic mass is 10.2. The molecule has 0 aliphatic heterocycles. The molecule has 0 saturated carbocycles. The Morgan fingerprint density at radius 2 is 2.21 bits per heavy atom. The Bertz CT molecular complexity index is 586. The van der Waals surface area contributed by atoms with Gasteiger partial charge in [0, 0.05) is 24.1 Å². The van der Waals surface area contributed by atoms with E-state index in [9.17, 15) is 4.79 Å². The van der Waals surface area contributed by atoms with Crippen molar-refractivity contribution in [1.82, 2.24) is 4.98 Å². The first-order valence-corrected chi connectivity index (χ1v) is 6.32. The number of esters is 1. The fraction of sp³-hybridized carbons (Fsp3) is 0.286. The van der Waals surface area contributed by atoms with Crippen molar-refractivity contribution in [2.24, 2.45) is 0 Å². The Kier molecular flexibility index (Phi) is 4.58. The molecule has 0 atom stereocenters. The Hall–Kier alpha value is -1.81. The molecule has 1 aromatic heterocycles. The summed E-state index contributed by atoms with van der Waals surface area (Å²) in [5, 5.41) is 1.56. The number of aromatic nitrogens is 1. The van der Waals surface area contributed by atoms with Gasteiger partial charge in [0.05, 0.1) is 24.3 Å². The van der Waals surface area contributed by atoms with Gasteiger partial charge in [-0.3, -0.25) is 9.78 Å². The molecule has 0 aliphatic rings. The number of carbonyl (C=O) groups is 1. The van der Waals surface area contributed by atoms with E-state index < -0.39 is 0 Å². The molecule has 1 aromatic carbocycles. The predicted molar refractivity (Wildman–Crippen MR) is 73.5 cm³/mol. The van der Waals surface area contributed by atoms with E-state index in [1.807, 2.05) is 18.2 Å². The van der Waals surface area contributed by atoms with E-state index in [4.69, 9.17) is 16.3 Å². The van der Waals surface area contributed by atoms with Crippen molar-refractivity contribution in [2.75, 3.05) is 13.7 Å². The second-order valence-electron chi connectivity index (χ2n) is 4.00. The summed E-state index contributed by atoms with van der Waals surface area (Å²) < 4.78 is 10.1. The third kappa shape index (κ3) is 3.58. The van der Waals surface area contributed by atoms with Crippen LogP contribution in [-0.2, 0) is 9.53 Å². The molecule has 2 aromatic rings. The molecule has 2 rings (SSSR count). The van der Waals surface area contributed by atoms with Gasteiger partial charge in [-0.15, -0.1) is 0 Å². The molecule has 100 valence electrons. The number of hydrogen-bond acceptors (Lipinski definition) is 4.